The zero-order valence-electron chi connectivity index (χ0n) is 10.7. The van der Waals surface area contributed by atoms with E-state index in [1.807, 2.05) is 24.3 Å². The van der Waals surface area contributed by atoms with Gasteiger partial charge in [0.15, 0.2) is 0 Å². The molecule has 0 unspecified atom stereocenters. The lowest BCUT2D eigenvalue weighted by Crippen LogP contribution is -2.21. The predicted octanol–water partition coefficient (Wildman–Crippen LogP) is 1.43. The Balaban J connectivity index is 0.000000270. The van der Waals surface area contributed by atoms with Gasteiger partial charge in [-0.25, -0.2) is 4.79 Å². The van der Waals surface area contributed by atoms with E-state index in [2.05, 4.69) is 0 Å². The summed E-state index contributed by atoms with van der Waals surface area (Å²) in [5, 5.41) is 8.06. The normalized spacial score (nSPS) is 10.7. The van der Waals surface area contributed by atoms with E-state index in [-0.39, 0.29) is 0 Å². The Bertz CT molecular complexity index is 664. The van der Waals surface area contributed by atoms with Crippen LogP contribution < -0.4 is 10.6 Å². The lowest BCUT2D eigenvalue weighted by molar-refractivity contribution is -0.192. The molecule has 1 aromatic carbocycles. The van der Waals surface area contributed by atoms with Crippen molar-refractivity contribution in [2.24, 2.45) is 5.73 Å². The number of carbonyl (C=O) groups is 2. The number of aromatic nitrogens is 1. The molecule has 21 heavy (non-hydrogen) atoms. The summed E-state index contributed by atoms with van der Waals surface area (Å²) in [4.78, 5) is 25.0. The van der Waals surface area contributed by atoms with E-state index in [1.54, 1.807) is 6.07 Å². The summed E-state index contributed by atoms with van der Waals surface area (Å²) in [5.74, 6) is -3.25. The quantitative estimate of drug-likeness (QED) is 0.877. The summed E-state index contributed by atoms with van der Waals surface area (Å²) in [5.41, 5.74) is 6.41. The van der Waals surface area contributed by atoms with Crippen LogP contribution in [0.1, 0.15) is 10.5 Å². The number of halogens is 3. The van der Waals surface area contributed by atoms with Crippen LogP contribution >= 0.6 is 0 Å². The lowest BCUT2D eigenvalue weighted by atomic mass is 10.2. The summed E-state index contributed by atoms with van der Waals surface area (Å²) in [6.45, 7) is 0. The van der Waals surface area contributed by atoms with Gasteiger partial charge in [-0.05, 0) is 12.1 Å². The topological polar surface area (TPSA) is 94.5 Å². The molecule has 0 radical (unpaired) electrons. The molecule has 0 aliphatic rings. The average molecular weight is 304 g/mol. The molecule has 0 saturated heterocycles. The standard InChI is InChI=1S/C10H10N2O2.C2HF3O2/c1-14-12-8-5-3-2-4-7(8)6-9(12)10(11)13;3-2(4,5)1(6)7/h2-6H,1H3,(H2,11,13);(H,6,7). The van der Waals surface area contributed by atoms with Crippen LogP contribution in [0.4, 0.5) is 13.2 Å². The van der Waals surface area contributed by atoms with Crippen molar-refractivity contribution in [1.29, 1.82) is 0 Å². The Morgan fingerprint density at radius 3 is 2.24 bits per heavy atom. The Kier molecular flexibility index (Phi) is 4.79. The number of fused-ring (bicyclic) bond motifs is 1. The molecule has 1 heterocycles. The number of amides is 1. The van der Waals surface area contributed by atoms with Crippen molar-refractivity contribution in [3.8, 4) is 0 Å². The van der Waals surface area contributed by atoms with Gasteiger partial charge >= 0.3 is 12.1 Å². The van der Waals surface area contributed by atoms with E-state index >= 15 is 0 Å². The highest BCUT2D eigenvalue weighted by Crippen LogP contribution is 2.17. The third-order valence-electron chi connectivity index (χ3n) is 2.34. The molecule has 114 valence electrons. The first-order chi connectivity index (χ1) is 9.68. The van der Waals surface area contributed by atoms with E-state index in [4.69, 9.17) is 20.5 Å². The van der Waals surface area contributed by atoms with Crippen molar-refractivity contribution < 1.29 is 32.7 Å². The fourth-order valence-electron chi connectivity index (χ4n) is 1.50. The third-order valence-corrected chi connectivity index (χ3v) is 2.34. The van der Waals surface area contributed by atoms with Crippen LogP contribution in [0.15, 0.2) is 30.3 Å². The van der Waals surface area contributed by atoms with Crippen LogP contribution in [0.3, 0.4) is 0 Å². The van der Waals surface area contributed by atoms with Crippen LogP contribution in [-0.2, 0) is 4.79 Å². The molecular formula is C12H11F3N2O4. The maximum absolute atomic E-state index is 11.1. The Morgan fingerprint density at radius 2 is 1.81 bits per heavy atom. The second-order valence-corrected chi connectivity index (χ2v) is 3.73. The number of nitrogens with two attached hydrogens (primary N) is 1. The SMILES string of the molecule is COn1c(C(N)=O)cc2ccccc21.O=C(O)C(F)(F)F. The van der Waals surface area contributed by atoms with Crippen LogP contribution in [0, 0.1) is 0 Å². The highest BCUT2D eigenvalue weighted by molar-refractivity contribution is 5.97. The number of para-hydroxylation sites is 1. The van der Waals surface area contributed by atoms with Crippen molar-refractivity contribution in [2.45, 2.75) is 6.18 Å². The summed E-state index contributed by atoms with van der Waals surface area (Å²) < 4.78 is 33.2. The third kappa shape index (κ3) is 3.88. The molecule has 0 spiro atoms. The van der Waals surface area contributed by atoms with Gasteiger partial charge < -0.3 is 15.7 Å². The van der Waals surface area contributed by atoms with E-state index in [0.29, 0.717) is 5.69 Å². The van der Waals surface area contributed by atoms with Gasteiger partial charge in [-0.3, -0.25) is 4.79 Å². The molecule has 2 rings (SSSR count). The van der Waals surface area contributed by atoms with Gasteiger partial charge in [-0.15, -0.1) is 0 Å². The summed E-state index contributed by atoms with van der Waals surface area (Å²) in [7, 11) is 1.50. The number of primary amides is 1. The number of carbonyl (C=O) groups excluding carboxylic acids is 1. The second-order valence-electron chi connectivity index (χ2n) is 3.73. The van der Waals surface area contributed by atoms with Gasteiger partial charge in [0.2, 0.25) is 0 Å². The number of rotatable bonds is 2. The Morgan fingerprint density at radius 1 is 1.29 bits per heavy atom. The molecule has 3 N–H and O–H groups in total. The van der Waals surface area contributed by atoms with Crippen molar-refractivity contribution in [3.05, 3.63) is 36.0 Å². The molecule has 0 saturated carbocycles. The molecule has 0 atom stereocenters. The van der Waals surface area contributed by atoms with E-state index < -0.39 is 18.1 Å². The maximum atomic E-state index is 11.1. The van der Waals surface area contributed by atoms with Gasteiger partial charge in [0, 0.05) is 5.39 Å². The first-order valence-corrected chi connectivity index (χ1v) is 5.43. The molecule has 0 bridgehead atoms. The number of hydrogen-bond acceptors (Lipinski definition) is 3. The molecule has 0 fully saturated rings. The van der Waals surface area contributed by atoms with E-state index in [0.717, 1.165) is 10.9 Å². The Labute approximate surface area is 116 Å². The summed E-state index contributed by atoms with van der Waals surface area (Å²) in [6, 6.07) is 9.25. The zero-order valence-corrected chi connectivity index (χ0v) is 10.7. The van der Waals surface area contributed by atoms with Gasteiger partial charge in [-0.2, -0.15) is 17.9 Å². The van der Waals surface area contributed by atoms with Crippen molar-refractivity contribution in [2.75, 3.05) is 7.11 Å². The van der Waals surface area contributed by atoms with Gasteiger partial charge in [0.05, 0.1) is 5.52 Å². The highest BCUT2D eigenvalue weighted by Gasteiger charge is 2.38. The first-order valence-electron chi connectivity index (χ1n) is 5.43. The van der Waals surface area contributed by atoms with Gasteiger partial charge in [-0.1, -0.05) is 18.2 Å². The molecule has 2 aromatic rings. The fourth-order valence-corrected chi connectivity index (χ4v) is 1.50. The number of benzene rings is 1. The summed E-state index contributed by atoms with van der Waals surface area (Å²) >= 11 is 0. The number of alkyl halides is 3. The number of carboxylic acids is 1. The molecule has 1 amide bonds. The molecular weight excluding hydrogens is 293 g/mol. The number of hydrogen-bond donors (Lipinski definition) is 2. The molecule has 6 nitrogen and oxygen atoms in total. The minimum atomic E-state index is -5.08. The zero-order chi connectivity index (χ0) is 16.2. The summed E-state index contributed by atoms with van der Waals surface area (Å²) in [6.07, 6.45) is -5.08. The minimum absolute atomic E-state index is 0.355. The second kappa shape index (κ2) is 6.16. The predicted molar refractivity (Wildman–Crippen MR) is 66.7 cm³/mol. The Hall–Kier alpha value is -2.71. The molecule has 0 aliphatic carbocycles. The minimum Gasteiger partial charge on any atom is -0.475 e. The van der Waals surface area contributed by atoms with Crippen molar-refractivity contribution in [3.63, 3.8) is 0 Å². The maximum Gasteiger partial charge on any atom is 0.490 e. The van der Waals surface area contributed by atoms with Crippen LogP contribution in [0.5, 0.6) is 0 Å². The van der Waals surface area contributed by atoms with Crippen LogP contribution in [-0.4, -0.2) is 35.0 Å². The van der Waals surface area contributed by atoms with E-state index in [9.17, 15) is 18.0 Å². The average Bonchev–Trinajstić information content (AvgIpc) is 2.77. The highest BCUT2D eigenvalue weighted by atomic mass is 19.4. The molecule has 0 aliphatic heterocycles. The van der Waals surface area contributed by atoms with Crippen molar-refractivity contribution >= 4 is 22.8 Å². The fraction of sp³-hybridized carbons (Fsp3) is 0.167. The molecule has 1 aromatic heterocycles. The van der Waals surface area contributed by atoms with Gasteiger partial charge in [0.25, 0.3) is 5.91 Å². The van der Waals surface area contributed by atoms with Gasteiger partial charge in [0.1, 0.15) is 12.8 Å². The largest absolute Gasteiger partial charge is 0.490 e. The van der Waals surface area contributed by atoms with Crippen LogP contribution in [0.25, 0.3) is 10.9 Å². The smallest absolute Gasteiger partial charge is 0.475 e. The number of aliphatic carboxylic acids is 1. The van der Waals surface area contributed by atoms with E-state index in [1.165, 1.54) is 11.8 Å². The molecule has 9 heteroatoms. The van der Waals surface area contributed by atoms with Crippen molar-refractivity contribution in [1.82, 2.24) is 4.73 Å². The lowest BCUT2D eigenvalue weighted by Gasteiger charge is -2.04. The number of carboxylic acid groups (broad SMARTS) is 1. The van der Waals surface area contributed by atoms with Crippen LogP contribution in [0.2, 0.25) is 0 Å². The number of nitrogens with zero attached hydrogens (tertiary/aromatic N) is 1. The first kappa shape index (κ1) is 16.3. The monoisotopic (exact) mass is 304 g/mol.